The number of aromatic nitrogens is 2. The topological polar surface area (TPSA) is 16.3 Å². The third-order valence-electron chi connectivity index (χ3n) is 26.1. The number of para-hydroxylation sites is 8. The zero-order valence-corrected chi connectivity index (χ0v) is 71.3. The molecule has 128 heavy (non-hydrogen) atoms. The van der Waals surface area contributed by atoms with Crippen LogP contribution < -0.4 is 9.80 Å². The molecule has 0 unspecified atom stereocenters. The highest BCUT2D eigenvalue weighted by Crippen LogP contribution is 2.55. The molecule has 4 heterocycles. The van der Waals surface area contributed by atoms with Crippen molar-refractivity contribution >= 4 is 162 Å². The van der Waals surface area contributed by atoms with E-state index in [1.54, 1.807) is 0 Å². The number of hydrogen-bond acceptors (Lipinski definition) is 4. The zero-order valence-electron chi connectivity index (χ0n) is 69.6. The van der Waals surface area contributed by atoms with Crippen LogP contribution in [0, 0.1) is 0 Å². The predicted molar refractivity (Wildman–Crippen MR) is 549 cm³/mol. The molecule has 21 aromatic carbocycles. The molecule has 6 heteroatoms. The molecule has 0 spiro atoms. The monoisotopic (exact) mass is 1660 g/mol. The van der Waals surface area contributed by atoms with Crippen molar-refractivity contribution < 1.29 is 0 Å². The second-order valence-electron chi connectivity index (χ2n) is 33.2. The minimum absolute atomic E-state index is 1.04. The molecule has 25 rings (SSSR count). The quantitative estimate of drug-likeness (QED) is 0.0959. The second kappa shape index (κ2) is 30.9. The number of rotatable bonds is 16. The van der Waals surface area contributed by atoms with Crippen molar-refractivity contribution in [3.8, 4) is 100 Å². The summed E-state index contributed by atoms with van der Waals surface area (Å²) in [5.74, 6) is 0. The Morgan fingerprint density at radius 1 is 0.164 bits per heavy atom. The number of thiophene rings is 2. The van der Waals surface area contributed by atoms with Crippen molar-refractivity contribution in [3.63, 3.8) is 0 Å². The van der Waals surface area contributed by atoms with Crippen LogP contribution in [0.25, 0.3) is 206 Å². The number of anilines is 6. The molecule has 0 aliphatic carbocycles. The van der Waals surface area contributed by atoms with Gasteiger partial charge in [-0.25, -0.2) is 0 Å². The van der Waals surface area contributed by atoms with Crippen LogP contribution in [-0.2, 0) is 0 Å². The molecule has 0 saturated heterocycles. The van der Waals surface area contributed by atoms with E-state index in [0.717, 1.165) is 134 Å². The summed E-state index contributed by atoms with van der Waals surface area (Å²) in [5.41, 5.74) is 31.4. The predicted octanol–water partition coefficient (Wildman–Crippen LogP) is 35.2. The lowest BCUT2D eigenvalue weighted by atomic mass is 9.92. The largest absolute Gasteiger partial charge is 0.309 e. The Bertz CT molecular complexity index is 8670. The lowest BCUT2D eigenvalue weighted by molar-refractivity contribution is 1.15. The van der Waals surface area contributed by atoms with Crippen LogP contribution in [-0.4, -0.2) is 9.13 Å². The molecule has 4 aromatic heterocycles. The minimum Gasteiger partial charge on any atom is -0.309 e. The van der Waals surface area contributed by atoms with Crippen LogP contribution in [0.5, 0.6) is 0 Å². The Labute approximate surface area is 749 Å². The van der Waals surface area contributed by atoms with Gasteiger partial charge in [-0.2, -0.15) is 0 Å². The van der Waals surface area contributed by atoms with Gasteiger partial charge in [0, 0.05) is 107 Å². The van der Waals surface area contributed by atoms with Crippen LogP contribution in [0.2, 0.25) is 0 Å². The van der Waals surface area contributed by atoms with Crippen molar-refractivity contribution in [1.29, 1.82) is 0 Å². The first-order valence-corrected chi connectivity index (χ1v) is 45.5. The van der Waals surface area contributed by atoms with E-state index in [1.807, 2.05) is 22.7 Å². The van der Waals surface area contributed by atoms with Gasteiger partial charge in [-0.3, -0.25) is 0 Å². The number of benzene rings is 21. The summed E-state index contributed by atoms with van der Waals surface area (Å²) in [4.78, 5) is 5.10. The third-order valence-corrected chi connectivity index (χ3v) is 28.6. The minimum atomic E-state index is 1.04. The van der Waals surface area contributed by atoms with Crippen molar-refractivity contribution in [2.24, 2.45) is 0 Å². The molecule has 0 aliphatic heterocycles. The molecule has 0 aliphatic rings. The van der Waals surface area contributed by atoms with Gasteiger partial charge in [-0.05, 0) is 175 Å². The van der Waals surface area contributed by atoms with Gasteiger partial charge >= 0.3 is 0 Å². The van der Waals surface area contributed by atoms with Crippen molar-refractivity contribution in [1.82, 2.24) is 9.13 Å². The molecule has 0 N–H and O–H groups in total. The van der Waals surface area contributed by atoms with E-state index in [-0.39, 0.29) is 0 Å². The molecule has 25 aromatic rings. The molecule has 0 amide bonds. The Morgan fingerprint density at radius 3 is 1.12 bits per heavy atom. The molecular formula is C122H78N4S2. The van der Waals surface area contributed by atoms with Gasteiger partial charge in [-0.1, -0.05) is 370 Å². The summed E-state index contributed by atoms with van der Waals surface area (Å²) in [6.45, 7) is 0. The van der Waals surface area contributed by atoms with E-state index in [4.69, 9.17) is 0 Å². The van der Waals surface area contributed by atoms with Gasteiger partial charge < -0.3 is 18.9 Å². The summed E-state index contributed by atoms with van der Waals surface area (Å²) in [5, 5.41) is 14.6. The van der Waals surface area contributed by atoms with Crippen LogP contribution in [0.3, 0.4) is 0 Å². The normalized spacial score (nSPS) is 11.8. The van der Waals surface area contributed by atoms with E-state index < -0.39 is 0 Å². The standard InChI is InChI=1S/C122H78N4S2/c1-3-31-80(32-4-1)94-72-66-86(77-117(94)123(109-54-18-12-42-98(109)103-49-29-51-105-101-45-15-25-61-119(101)127-121(103)105)88-69-63-82(64-70-88)93-39-9-17-53-108(93)124-110-55-19-10-40-96(110)97-41-11-20-56-111(97)124)91-48-28-37-85-75-83(65-71-92(85)91)84-68-74-114-107(76-84)100-44-14-22-58-113(100)125(114)115-59-23-24-60-116(115)126(112-57-21-13-43-99(112)104-50-30-52-106-102-46-16-26-62-120(102)128-122(104)106)118-78-87(67-73-95(118)81-33-5-2-6-34-81)90-47-27-36-79-35-7-8-38-89(79)90/h1-78H. The Kier molecular flexibility index (Phi) is 18.0. The highest BCUT2D eigenvalue weighted by molar-refractivity contribution is 7.26. The SMILES string of the molecule is c1ccc(-c2ccc(-c3cccc4cc(-c5ccc6c(c5)c5ccccc5n6-c5ccccc5N(c5cc(-c6cccc7ccccc67)ccc5-c5ccccc5)c5ccccc5-c5cccc6c5sc5ccccc56)ccc34)cc2N(c2ccc(-c3ccccc3-n3c4ccccc4c4ccccc43)cc2)c2ccccc2-c2cccc3c2sc2ccccc23)cc1. The fourth-order valence-electron chi connectivity index (χ4n) is 20.3. The highest BCUT2D eigenvalue weighted by atomic mass is 32.1. The first-order chi connectivity index (χ1) is 63.5. The van der Waals surface area contributed by atoms with Gasteiger partial charge in [0.25, 0.3) is 0 Å². The van der Waals surface area contributed by atoms with Gasteiger partial charge in [-0.15, -0.1) is 22.7 Å². The smallest absolute Gasteiger partial charge is 0.0702 e. The highest BCUT2D eigenvalue weighted by Gasteiger charge is 2.30. The van der Waals surface area contributed by atoms with E-state index in [9.17, 15) is 0 Å². The summed E-state index contributed by atoms with van der Waals surface area (Å²) in [6, 6.07) is 176. The molecule has 0 fully saturated rings. The van der Waals surface area contributed by atoms with E-state index in [0.29, 0.717) is 0 Å². The van der Waals surface area contributed by atoms with Crippen molar-refractivity contribution in [3.05, 3.63) is 473 Å². The Hall–Kier alpha value is -16.2. The van der Waals surface area contributed by atoms with Crippen molar-refractivity contribution in [2.45, 2.75) is 0 Å². The maximum Gasteiger partial charge on any atom is 0.0702 e. The second-order valence-corrected chi connectivity index (χ2v) is 35.3. The maximum absolute atomic E-state index is 2.57. The summed E-state index contributed by atoms with van der Waals surface area (Å²) in [7, 11) is 0. The van der Waals surface area contributed by atoms with Crippen LogP contribution >= 0.6 is 22.7 Å². The molecule has 0 atom stereocenters. The number of fused-ring (bicyclic) bond motifs is 14. The van der Waals surface area contributed by atoms with Gasteiger partial charge in [0.1, 0.15) is 0 Å². The molecule has 4 nitrogen and oxygen atoms in total. The van der Waals surface area contributed by atoms with Gasteiger partial charge in [0.15, 0.2) is 0 Å². The van der Waals surface area contributed by atoms with Crippen LogP contribution in [0.1, 0.15) is 0 Å². The van der Waals surface area contributed by atoms with E-state index >= 15 is 0 Å². The van der Waals surface area contributed by atoms with Crippen LogP contribution in [0.15, 0.2) is 473 Å². The summed E-state index contributed by atoms with van der Waals surface area (Å²) < 4.78 is 10.0. The maximum atomic E-state index is 2.57. The first-order valence-electron chi connectivity index (χ1n) is 43.8. The molecular weight excluding hydrogens is 1590 g/mol. The first kappa shape index (κ1) is 74.4. The number of nitrogens with zero attached hydrogens (tertiary/aromatic N) is 4. The zero-order chi connectivity index (χ0) is 84.3. The van der Waals surface area contributed by atoms with E-state index in [2.05, 4.69) is 492 Å². The lowest BCUT2D eigenvalue weighted by Gasteiger charge is -2.32. The number of hydrogen-bond donors (Lipinski definition) is 0. The Morgan fingerprint density at radius 2 is 0.531 bits per heavy atom. The van der Waals surface area contributed by atoms with Gasteiger partial charge in [0.2, 0.25) is 0 Å². The summed E-state index contributed by atoms with van der Waals surface area (Å²) in [6.07, 6.45) is 0. The van der Waals surface area contributed by atoms with Crippen LogP contribution in [0.4, 0.5) is 34.1 Å². The average molecular weight is 1660 g/mol. The van der Waals surface area contributed by atoms with E-state index in [1.165, 1.54) is 106 Å². The summed E-state index contributed by atoms with van der Waals surface area (Å²) >= 11 is 3.75. The third kappa shape index (κ3) is 12.4. The fourth-order valence-corrected chi connectivity index (χ4v) is 22.8. The molecule has 0 radical (unpaired) electrons. The fraction of sp³-hybridized carbons (Fsp3) is 0. The van der Waals surface area contributed by atoms with Crippen molar-refractivity contribution in [2.75, 3.05) is 9.80 Å². The molecule has 0 saturated carbocycles. The Balaban J connectivity index is 0.637. The molecule has 0 bridgehead atoms. The lowest BCUT2D eigenvalue weighted by Crippen LogP contribution is -2.15. The average Bonchev–Trinajstić information content (AvgIpc) is 1.73. The van der Waals surface area contributed by atoms with Gasteiger partial charge in [0.05, 0.1) is 61.9 Å². The molecule has 598 valence electrons.